The first kappa shape index (κ1) is 7.50. The number of nitrogens with two attached hydrogens (primary N) is 1. The Morgan fingerprint density at radius 2 is 2.00 bits per heavy atom. The number of halogens is 2. The third-order valence-electron chi connectivity index (χ3n) is 1.02. The summed E-state index contributed by atoms with van der Waals surface area (Å²) in [4.78, 5) is 0.251. The van der Waals surface area contributed by atoms with Crippen molar-refractivity contribution in [1.82, 2.24) is 0 Å². The summed E-state index contributed by atoms with van der Waals surface area (Å²) in [5, 5.41) is 5.05. The van der Waals surface area contributed by atoms with Gasteiger partial charge in [-0.3, -0.25) is 5.14 Å². The van der Waals surface area contributed by atoms with E-state index in [4.69, 9.17) is 5.14 Å². The Balaban J connectivity index is 3.07. The number of hydrogen-bond acceptors (Lipinski definition) is 2. The van der Waals surface area contributed by atoms with Crippen LogP contribution in [0, 0.1) is 11.6 Å². The molecule has 1 rings (SSSR count). The van der Waals surface area contributed by atoms with Crippen LogP contribution in [-0.2, 0) is 0 Å². The van der Waals surface area contributed by atoms with Crippen molar-refractivity contribution in [3.8, 4) is 0 Å². The van der Waals surface area contributed by atoms with Crippen LogP contribution in [0.4, 0.5) is 8.78 Å². The SMILES string of the molecule is NSc1ccc(F)cc1F. The van der Waals surface area contributed by atoms with E-state index in [2.05, 4.69) is 0 Å². The van der Waals surface area contributed by atoms with Crippen molar-refractivity contribution in [3.63, 3.8) is 0 Å². The Hall–Kier alpha value is -0.610. The lowest BCUT2D eigenvalue weighted by Gasteiger charge is -1.95. The predicted molar refractivity (Wildman–Crippen MR) is 36.4 cm³/mol. The summed E-state index contributed by atoms with van der Waals surface area (Å²) in [6.45, 7) is 0. The second-order valence-electron chi connectivity index (χ2n) is 1.69. The lowest BCUT2D eigenvalue weighted by atomic mass is 10.3. The molecule has 2 N–H and O–H groups in total. The normalized spacial score (nSPS) is 9.90. The fourth-order valence-electron chi connectivity index (χ4n) is 0.571. The number of hydrogen-bond donors (Lipinski definition) is 1. The zero-order valence-corrected chi connectivity index (χ0v) is 5.79. The molecule has 0 aliphatic heterocycles. The lowest BCUT2D eigenvalue weighted by Crippen LogP contribution is -1.86. The highest BCUT2D eigenvalue weighted by Gasteiger charge is 2.00. The third-order valence-corrected chi connectivity index (χ3v) is 1.61. The van der Waals surface area contributed by atoms with Gasteiger partial charge in [0, 0.05) is 6.07 Å². The first-order valence-electron chi connectivity index (χ1n) is 2.56. The van der Waals surface area contributed by atoms with E-state index in [9.17, 15) is 8.78 Å². The Morgan fingerprint density at radius 3 is 2.50 bits per heavy atom. The second-order valence-corrected chi connectivity index (χ2v) is 2.37. The molecule has 0 aromatic heterocycles. The molecule has 0 heterocycles. The highest BCUT2D eigenvalue weighted by molar-refractivity contribution is 7.97. The molecule has 1 nitrogen and oxygen atoms in total. The van der Waals surface area contributed by atoms with Crippen molar-refractivity contribution in [2.45, 2.75) is 4.90 Å². The third kappa shape index (κ3) is 1.46. The van der Waals surface area contributed by atoms with Crippen LogP contribution in [0.2, 0.25) is 0 Å². The second kappa shape index (κ2) is 2.98. The van der Waals surface area contributed by atoms with E-state index in [1.807, 2.05) is 0 Å². The largest absolute Gasteiger partial charge is 0.274 e. The fraction of sp³-hybridized carbons (Fsp3) is 0. The van der Waals surface area contributed by atoms with Gasteiger partial charge >= 0.3 is 0 Å². The highest BCUT2D eigenvalue weighted by Crippen LogP contribution is 2.16. The quantitative estimate of drug-likeness (QED) is 0.637. The minimum atomic E-state index is -0.618. The van der Waals surface area contributed by atoms with Gasteiger partial charge in [-0.15, -0.1) is 0 Å². The average molecular weight is 161 g/mol. The van der Waals surface area contributed by atoms with Gasteiger partial charge in [-0.25, -0.2) is 8.78 Å². The predicted octanol–water partition coefficient (Wildman–Crippen LogP) is 1.93. The lowest BCUT2D eigenvalue weighted by molar-refractivity contribution is 0.566. The maximum Gasteiger partial charge on any atom is 0.140 e. The molecule has 0 atom stereocenters. The number of benzene rings is 1. The highest BCUT2D eigenvalue weighted by atomic mass is 32.2. The number of rotatable bonds is 1. The van der Waals surface area contributed by atoms with E-state index in [-0.39, 0.29) is 4.90 Å². The molecular weight excluding hydrogens is 156 g/mol. The molecule has 0 aliphatic rings. The Bertz CT molecular complexity index is 239. The molecule has 4 heteroatoms. The van der Waals surface area contributed by atoms with Crippen LogP contribution in [0.5, 0.6) is 0 Å². The summed E-state index contributed by atoms with van der Waals surface area (Å²) in [5.74, 6) is -1.21. The van der Waals surface area contributed by atoms with Gasteiger partial charge in [0.2, 0.25) is 0 Å². The molecule has 0 spiro atoms. The minimum absolute atomic E-state index is 0.251. The molecular formula is C6H5F2NS. The van der Waals surface area contributed by atoms with Crippen molar-refractivity contribution >= 4 is 11.9 Å². The topological polar surface area (TPSA) is 26.0 Å². The van der Waals surface area contributed by atoms with Gasteiger partial charge in [-0.2, -0.15) is 0 Å². The molecule has 0 radical (unpaired) electrons. The van der Waals surface area contributed by atoms with E-state index in [1.165, 1.54) is 6.07 Å². The van der Waals surface area contributed by atoms with Crippen LogP contribution < -0.4 is 5.14 Å². The smallest absolute Gasteiger partial charge is 0.140 e. The molecule has 1 aromatic rings. The molecule has 0 saturated heterocycles. The molecule has 0 amide bonds. The average Bonchev–Trinajstić information content (AvgIpc) is 1.88. The molecule has 0 bridgehead atoms. The summed E-state index contributed by atoms with van der Waals surface area (Å²) in [7, 11) is 0. The summed E-state index contributed by atoms with van der Waals surface area (Å²) < 4.78 is 24.7. The van der Waals surface area contributed by atoms with E-state index < -0.39 is 11.6 Å². The van der Waals surface area contributed by atoms with E-state index in [1.54, 1.807) is 0 Å². The van der Waals surface area contributed by atoms with Crippen LogP contribution in [0.15, 0.2) is 23.1 Å². The van der Waals surface area contributed by atoms with Gasteiger partial charge in [-0.05, 0) is 24.1 Å². The van der Waals surface area contributed by atoms with Gasteiger partial charge in [0.05, 0.1) is 4.90 Å². The van der Waals surface area contributed by atoms with Crippen LogP contribution in [0.25, 0.3) is 0 Å². The molecule has 0 saturated carbocycles. The zero-order chi connectivity index (χ0) is 7.56. The fourth-order valence-corrected chi connectivity index (χ4v) is 0.889. The summed E-state index contributed by atoms with van der Waals surface area (Å²) in [6.07, 6.45) is 0. The first-order valence-corrected chi connectivity index (χ1v) is 3.44. The molecule has 54 valence electrons. The van der Waals surface area contributed by atoms with Gasteiger partial charge in [0.1, 0.15) is 11.6 Å². The zero-order valence-electron chi connectivity index (χ0n) is 4.97. The minimum Gasteiger partial charge on any atom is -0.274 e. The van der Waals surface area contributed by atoms with Crippen molar-refractivity contribution in [3.05, 3.63) is 29.8 Å². The molecule has 1 aromatic carbocycles. The van der Waals surface area contributed by atoms with Crippen molar-refractivity contribution in [2.75, 3.05) is 0 Å². The molecule has 10 heavy (non-hydrogen) atoms. The van der Waals surface area contributed by atoms with E-state index in [0.29, 0.717) is 0 Å². The van der Waals surface area contributed by atoms with Gasteiger partial charge in [0.15, 0.2) is 0 Å². The molecule has 0 fully saturated rings. The van der Waals surface area contributed by atoms with E-state index in [0.717, 1.165) is 24.1 Å². The van der Waals surface area contributed by atoms with Gasteiger partial charge in [0.25, 0.3) is 0 Å². The summed E-state index contributed by atoms with van der Waals surface area (Å²) >= 11 is 0.762. The standard InChI is InChI=1S/C6H5F2NS/c7-4-1-2-6(10-9)5(8)3-4/h1-3H,9H2. The van der Waals surface area contributed by atoms with Crippen molar-refractivity contribution in [1.29, 1.82) is 0 Å². The van der Waals surface area contributed by atoms with Crippen LogP contribution in [0.1, 0.15) is 0 Å². The Labute approximate surface area is 61.4 Å². The summed E-state index contributed by atoms with van der Waals surface area (Å²) in [6, 6.07) is 3.27. The Morgan fingerprint density at radius 1 is 1.30 bits per heavy atom. The Kier molecular flexibility index (Phi) is 2.24. The van der Waals surface area contributed by atoms with Crippen LogP contribution in [-0.4, -0.2) is 0 Å². The van der Waals surface area contributed by atoms with E-state index >= 15 is 0 Å². The summed E-state index contributed by atoms with van der Waals surface area (Å²) in [5.41, 5.74) is 0. The van der Waals surface area contributed by atoms with Crippen molar-refractivity contribution < 1.29 is 8.78 Å². The monoisotopic (exact) mass is 161 g/mol. The van der Waals surface area contributed by atoms with Crippen LogP contribution >= 0.6 is 11.9 Å². The molecule has 0 unspecified atom stereocenters. The van der Waals surface area contributed by atoms with Crippen molar-refractivity contribution in [2.24, 2.45) is 5.14 Å². The van der Waals surface area contributed by atoms with Crippen LogP contribution in [0.3, 0.4) is 0 Å². The maximum absolute atomic E-state index is 12.5. The maximum atomic E-state index is 12.5. The first-order chi connectivity index (χ1) is 4.74. The van der Waals surface area contributed by atoms with Gasteiger partial charge in [-0.1, -0.05) is 0 Å². The molecule has 0 aliphatic carbocycles. The van der Waals surface area contributed by atoms with Gasteiger partial charge < -0.3 is 0 Å².